The van der Waals surface area contributed by atoms with Crippen LogP contribution in [0.2, 0.25) is 0 Å². The van der Waals surface area contributed by atoms with Gasteiger partial charge in [-0.25, -0.2) is 0 Å². The fourth-order valence-corrected chi connectivity index (χ4v) is 2.98. The van der Waals surface area contributed by atoms with Crippen LogP contribution in [-0.2, 0) is 17.6 Å². The normalized spacial score (nSPS) is 13.2. The number of rotatable bonds is 6. The fourth-order valence-electron chi connectivity index (χ4n) is 2.98. The Morgan fingerprint density at radius 1 is 1.39 bits per heavy atom. The third-order valence-corrected chi connectivity index (χ3v) is 4.16. The molecule has 1 aromatic carbocycles. The molecule has 0 radical (unpaired) electrons. The second-order valence-corrected chi connectivity index (χ2v) is 6.09. The number of carbonyl (C=O) groups is 1. The lowest BCUT2D eigenvalue weighted by Crippen LogP contribution is -2.21. The van der Waals surface area contributed by atoms with Crippen molar-refractivity contribution in [3.8, 4) is 0 Å². The summed E-state index contributed by atoms with van der Waals surface area (Å²) in [5, 5.41) is 6.82. The topological polar surface area (TPSA) is 58.4 Å². The number of amides is 1. The Morgan fingerprint density at radius 2 is 2.26 bits per heavy atom. The van der Waals surface area contributed by atoms with Gasteiger partial charge in [0.15, 0.2) is 0 Å². The van der Waals surface area contributed by atoms with Crippen molar-refractivity contribution in [1.29, 1.82) is 0 Å². The van der Waals surface area contributed by atoms with Gasteiger partial charge in [0.2, 0.25) is 5.91 Å². The Morgan fingerprint density at radius 3 is 3.00 bits per heavy atom. The van der Waals surface area contributed by atoms with Crippen molar-refractivity contribution in [3.63, 3.8) is 0 Å². The van der Waals surface area contributed by atoms with Crippen molar-refractivity contribution in [2.24, 2.45) is 0 Å². The van der Waals surface area contributed by atoms with E-state index in [0.29, 0.717) is 5.69 Å². The molecule has 5 nitrogen and oxygen atoms in total. The molecule has 0 bridgehead atoms. The lowest BCUT2D eigenvalue weighted by Gasteiger charge is -2.19. The van der Waals surface area contributed by atoms with Gasteiger partial charge in [-0.1, -0.05) is 24.6 Å². The molecule has 2 aromatic rings. The maximum Gasteiger partial charge on any atom is 0.230 e. The van der Waals surface area contributed by atoms with E-state index < -0.39 is 0 Å². The van der Waals surface area contributed by atoms with Crippen LogP contribution in [-0.4, -0.2) is 24.2 Å². The second kappa shape index (κ2) is 6.86. The predicted octanol–water partition coefficient (Wildman–Crippen LogP) is 3.33. The Kier molecular flexibility index (Phi) is 4.65. The van der Waals surface area contributed by atoms with E-state index in [1.165, 1.54) is 24.1 Å². The number of anilines is 2. The van der Waals surface area contributed by atoms with Crippen LogP contribution < -0.4 is 10.2 Å². The van der Waals surface area contributed by atoms with Gasteiger partial charge in [-0.2, -0.15) is 0 Å². The van der Waals surface area contributed by atoms with Crippen LogP contribution in [0.1, 0.15) is 36.8 Å². The molecule has 0 saturated carbocycles. The first-order valence-corrected chi connectivity index (χ1v) is 8.25. The Labute approximate surface area is 136 Å². The maximum atomic E-state index is 12.1. The quantitative estimate of drug-likeness (QED) is 0.888. The van der Waals surface area contributed by atoms with Crippen LogP contribution in [0.4, 0.5) is 11.4 Å². The van der Waals surface area contributed by atoms with Crippen molar-refractivity contribution in [1.82, 2.24) is 5.16 Å². The van der Waals surface area contributed by atoms with Crippen LogP contribution in [0, 0.1) is 6.92 Å². The molecule has 0 saturated heterocycles. The van der Waals surface area contributed by atoms with Crippen molar-refractivity contribution < 1.29 is 9.32 Å². The molecule has 0 unspecified atom stereocenters. The van der Waals surface area contributed by atoms with Crippen LogP contribution >= 0.6 is 0 Å². The van der Waals surface area contributed by atoms with Gasteiger partial charge in [-0.05, 0) is 37.5 Å². The average molecular weight is 313 g/mol. The number of hydrogen-bond donors (Lipinski definition) is 1. The number of aromatic nitrogens is 1. The summed E-state index contributed by atoms with van der Waals surface area (Å²) >= 11 is 0. The highest BCUT2D eigenvalue weighted by atomic mass is 16.5. The summed E-state index contributed by atoms with van der Waals surface area (Å²) in [5.74, 6) is 0.647. The molecule has 5 heteroatoms. The van der Waals surface area contributed by atoms with Gasteiger partial charge in [-0.15, -0.1) is 0 Å². The zero-order valence-corrected chi connectivity index (χ0v) is 13.8. The molecule has 2 heterocycles. The van der Waals surface area contributed by atoms with E-state index in [4.69, 9.17) is 4.52 Å². The SMILES string of the molecule is CCCCN1CCc2ccc(NC(=O)Cc3cc(C)on3)cc21. The summed E-state index contributed by atoms with van der Waals surface area (Å²) in [7, 11) is 0. The van der Waals surface area contributed by atoms with Gasteiger partial charge in [0, 0.05) is 30.5 Å². The highest BCUT2D eigenvalue weighted by Gasteiger charge is 2.19. The maximum absolute atomic E-state index is 12.1. The summed E-state index contributed by atoms with van der Waals surface area (Å²) in [6, 6.07) is 7.98. The van der Waals surface area contributed by atoms with E-state index in [1.807, 2.05) is 13.0 Å². The van der Waals surface area contributed by atoms with Gasteiger partial charge in [0.05, 0.1) is 12.1 Å². The fraction of sp³-hybridized carbons (Fsp3) is 0.444. The largest absolute Gasteiger partial charge is 0.371 e. The Hall–Kier alpha value is -2.30. The van der Waals surface area contributed by atoms with Crippen molar-refractivity contribution >= 4 is 17.3 Å². The lowest BCUT2D eigenvalue weighted by atomic mass is 10.1. The predicted molar refractivity (Wildman–Crippen MR) is 90.8 cm³/mol. The molecular formula is C18H23N3O2. The van der Waals surface area contributed by atoms with Crippen molar-refractivity contribution in [3.05, 3.63) is 41.3 Å². The van der Waals surface area contributed by atoms with Crippen LogP contribution in [0.3, 0.4) is 0 Å². The van der Waals surface area contributed by atoms with E-state index in [2.05, 4.69) is 34.4 Å². The van der Waals surface area contributed by atoms with Crippen LogP contribution in [0.15, 0.2) is 28.8 Å². The first-order chi connectivity index (χ1) is 11.2. The summed E-state index contributed by atoms with van der Waals surface area (Å²) in [5.41, 5.74) is 4.13. The second-order valence-electron chi connectivity index (χ2n) is 6.09. The minimum Gasteiger partial charge on any atom is -0.371 e. The summed E-state index contributed by atoms with van der Waals surface area (Å²) in [6.45, 7) is 6.18. The molecule has 0 aliphatic carbocycles. The first-order valence-electron chi connectivity index (χ1n) is 8.25. The number of carbonyl (C=O) groups excluding carboxylic acids is 1. The molecule has 0 fully saturated rings. The first kappa shape index (κ1) is 15.6. The van der Waals surface area contributed by atoms with Gasteiger partial charge in [0.25, 0.3) is 0 Å². The number of aryl methyl sites for hydroxylation is 1. The molecule has 1 aromatic heterocycles. The summed E-state index contributed by atoms with van der Waals surface area (Å²) < 4.78 is 4.99. The molecular weight excluding hydrogens is 290 g/mol. The number of hydrogen-bond acceptors (Lipinski definition) is 4. The summed E-state index contributed by atoms with van der Waals surface area (Å²) in [4.78, 5) is 14.6. The molecule has 1 N–H and O–H groups in total. The third kappa shape index (κ3) is 3.73. The minimum atomic E-state index is -0.0728. The molecule has 3 rings (SSSR count). The lowest BCUT2D eigenvalue weighted by molar-refractivity contribution is -0.115. The molecule has 1 aliphatic heterocycles. The molecule has 1 aliphatic rings. The number of nitrogens with zero attached hydrogens (tertiary/aromatic N) is 2. The number of unbranched alkanes of at least 4 members (excludes halogenated alkanes) is 1. The highest BCUT2D eigenvalue weighted by Crippen LogP contribution is 2.31. The molecule has 0 atom stereocenters. The van der Waals surface area contributed by atoms with Crippen LogP contribution in [0.25, 0.3) is 0 Å². The zero-order chi connectivity index (χ0) is 16.2. The third-order valence-electron chi connectivity index (χ3n) is 4.16. The standard InChI is InChI=1S/C18H23N3O2/c1-3-4-8-21-9-7-14-5-6-15(11-17(14)21)19-18(22)12-16-10-13(2)23-20-16/h5-6,10-11H,3-4,7-9,12H2,1-2H3,(H,19,22). The van der Waals surface area contributed by atoms with Gasteiger partial charge in [-0.3, -0.25) is 4.79 Å². The van der Waals surface area contributed by atoms with Crippen LogP contribution in [0.5, 0.6) is 0 Å². The van der Waals surface area contributed by atoms with E-state index in [-0.39, 0.29) is 12.3 Å². The Balaban J connectivity index is 1.65. The molecule has 122 valence electrons. The van der Waals surface area contributed by atoms with Gasteiger partial charge in [0.1, 0.15) is 5.76 Å². The molecule has 0 spiro atoms. The molecule has 1 amide bonds. The number of nitrogens with one attached hydrogen (secondary N) is 1. The minimum absolute atomic E-state index is 0.0728. The zero-order valence-electron chi connectivity index (χ0n) is 13.8. The van der Waals surface area contributed by atoms with Crippen molar-refractivity contribution in [2.45, 2.75) is 39.5 Å². The monoisotopic (exact) mass is 313 g/mol. The number of benzene rings is 1. The Bertz CT molecular complexity index is 693. The van der Waals surface area contributed by atoms with E-state index >= 15 is 0 Å². The number of fused-ring (bicyclic) bond motifs is 1. The summed E-state index contributed by atoms with van der Waals surface area (Å²) in [6.07, 6.45) is 3.71. The van der Waals surface area contributed by atoms with Gasteiger partial charge < -0.3 is 14.7 Å². The van der Waals surface area contributed by atoms with E-state index in [0.717, 1.165) is 31.0 Å². The smallest absolute Gasteiger partial charge is 0.230 e. The van der Waals surface area contributed by atoms with Crippen molar-refractivity contribution in [2.75, 3.05) is 23.3 Å². The van der Waals surface area contributed by atoms with E-state index in [9.17, 15) is 4.79 Å². The van der Waals surface area contributed by atoms with Gasteiger partial charge >= 0.3 is 0 Å². The average Bonchev–Trinajstić information content (AvgIpc) is 3.11. The molecule has 23 heavy (non-hydrogen) atoms. The van der Waals surface area contributed by atoms with E-state index in [1.54, 1.807) is 6.07 Å². The highest BCUT2D eigenvalue weighted by molar-refractivity contribution is 5.92.